The van der Waals surface area contributed by atoms with Crippen molar-refractivity contribution in [2.75, 3.05) is 30.0 Å². The van der Waals surface area contributed by atoms with E-state index in [0.29, 0.717) is 6.04 Å². The number of nitrogens with zero attached hydrogens (tertiary/aromatic N) is 3. The van der Waals surface area contributed by atoms with Gasteiger partial charge in [0, 0.05) is 19.2 Å². The van der Waals surface area contributed by atoms with E-state index in [0.717, 1.165) is 62.8 Å². The van der Waals surface area contributed by atoms with E-state index in [1.54, 1.807) is 12.6 Å². The molecule has 6 nitrogen and oxygen atoms in total. The van der Waals surface area contributed by atoms with Crippen LogP contribution in [-0.2, 0) is 4.74 Å². The van der Waals surface area contributed by atoms with Crippen molar-refractivity contribution in [2.45, 2.75) is 37.8 Å². The van der Waals surface area contributed by atoms with E-state index in [1.807, 2.05) is 18.2 Å². The molecule has 0 bridgehead atoms. The normalized spacial score (nSPS) is 24.8. The van der Waals surface area contributed by atoms with Gasteiger partial charge in [0.25, 0.3) is 0 Å². The zero-order valence-corrected chi connectivity index (χ0v) is 13.1. The predicted octanol–water partition coefficient (Wildman–Crippen LogP) is 3.00. The minimum absolute atomic E-state index is 0.269. The molecule has 0 spiro atoms. The average molecular weight is 314 g/mol. The van der Waals surface area contributed by atoms with Crippen LogP contribution in [0.1, 0.15) is 37.5 Å². The van der Waals surface area contributed by atoms with Gasteiger partial charge < -0.3 is 19.4 Å². The summed E-state index contributed by atoms with van der Waals surface area (Å²) >= 11 is 0. The van der Waals surface area contributed by atoms with Crippen LogP contribution < -0.4 is 10.2 Å². The fourth-order valence-electron chi connectivity index (χ4n) is 3.46. The fourth-order valence-corrected chi connectivity index (χ4v) is 3.46. The molecular weight excluding hydrogens is 292 g/mol. The Morgan fingerprint density at radius 3 is 3.04 bits per heavy atom. The van der Waals surface area contributed by atoms with Crippen molar-refractivity contribution >= 4 is 11.6 Å². The van der Waals surface area contributed by atoms with Crippen LogP contribution in [0.3, 0.4) is 0 Å². The van der Waals surface area contributed by atoms with Gasteiger partial charge in [0.15, 0.2) is 0 Å². The number of aromatic nitrogens is 2. The minimum Gasteiger partial charge on any atom is -0.467 e. The Bertz CT molecular complexity index is 625. The van der Waals surface area contributed by atoms with Gasteiger partial charge in [0.2, 0.25) is 0 Å². The van der Waals surface area contributed by atoms with E-state index in [1.165, 1.54) is 0 Å². The maximum Gasteiger partial charge on any atom is 0.134 e. The second kappa shape index (κ2) is 6.58. The van der Waals surface area contributed by atoms with E-state index in [9.17, 15) is 0 Å². The van der Waals surface area contributed by atoms with Gasteiger partial charge in [-0.2, -0.15) is 0 Å². The second-order valence-corrected chi connectivity index (χ2v) is 6.19. The number of ether oxygens (including phenoxy) is 1. The van der Waals surface area contributed by atoms with Crippen molar-refractivity contribution in [1.82, 2.24) is 9.97 Å². The topological polar surface area (TPSA) is 63.4 Å². The van der Waals surface area contributed by atoms with Crippen LogP contribution in [-0.4, -0.2) is 35.8 Å². The molecular formula is C17H22N4O2. The van der Waals surface area contributed by atoms with Crippen molar-refractivity contribution < 1.29 is 9.15 Å². The third-order valence-corrected chi connectivity index (χ3v) is 4.58. The molecule has 2 unspecified atom stereocenters. The Hall–Kier alpha value is -2.08. The highest BCUT2D eigenvalue weighted by Crippen LogP contribution is 2.35. The lowest BCUT2D eigenvalue weighted by molar-refractivity contribution is 0.0875. The first-order valence-corrected chi connectivity index (χ1v) is 8.36. The van der Waals surface area contributed by atoms with E-state index >= 15 is 0 Å². The maximum atomic E-state index is 5.60. The number of anilines is 2. The molecule has 0 aromatic carbocycles. The van der Waals surface area contributed by atoms with Crippen molar-refractivity contribution in [3.63, 3.8) is 0 Å². The summed E-state index contributed by atoms with van der Waals surface area (Å²) < 4.78 is 11.1. The van der Waals surface area contributed by atoms with Gasteiger partial charge >= 0.3 is 0 Å². The molecule has 0 radical (unpaired) electrons. The lowest BCUT2D eigenvalue weighted by Gasteiger charge is -2.26. The Kier molecular flexibility index (Phi) is 4.15. The maximum absolute atomic E-state index is 5.60. The molecule has 0 saturated carbocycles. The summed E-state index contributed by atoms with van der Waals surface area (Å²) in [5, 5.41) is 3.47. The summed E-state index contributed by atoms with van der Waals surface area (Å²) in [5.41, 5.74) is 0. The molecule has 4 heterocycles. The van der Waals surface area contributed by atoms with Crippen LogP contribution in [0.15, 0.2) is 35.2 Å². The van der Waals surface area contributed by atoms with Gasteiger partial charge in [-0.05, 0) is 37.8 Å². The summed E-state index contributed by atoms with van der Waals surface area (Å²) in [4.78, 5) is 11.1. The number of hydrogen-bond acceptors (Lipinski definition) is 6. The summed E-state index contributed by atoms with van der Waals surface area (Å²) in [7, 11) is 0. The number of furan rings is 1. The first-order chi connectivity index (χ1) is 11.4. The Balaban J connectivity index is 1.51. The monoisotopic (exact) mass is 314 g/mol. The number of hydrogen-bond donors (Lipinski definition) is 1. The molecule has 122 valence electrons. The van der Waals surface area contributed by atoms with Crippen molar-refractivity contribution in [2.24, 2.45) is 0 Å². The van der Waals surface area contributed by atoms with Gasteiger partial charge in [-0.1, -0.05) is 0 Å². The third kappa shape index (κ3) is 3.17. The largest absolute Gasteiger partial charge is 0.467 e. The van der Waals surface area contributed by atoms with Gasteiger partial charge in [0.1, 0.15) is 23.7 Å². The molecule has 1 N–H and O–H groups in total. The molecule has 0 amide bonds. The van der Waals surface area contributed by atoms with Gasteiger partial charge in [-0.25, -0.2) is 9.97 Å². The van der Waals surface area contributed by atoms with Gasteiger partial charge in [0.05, 0.1) is 25.0 Å². The van der Waals surface area contributed by atoms with Crippen LogP contribution in [0.5, 0.6) is 0 Å². The van der Waals surface area contributed by atoms with Gasteiger partial charge in [-0.3, -0.25) is 0 Å². The highest BCUT2D eigenvalue weighted by molar-refractivity contribution is 5.51. The molecule has 23 heavy (non-hydrogen) atoms. The van der Waals surface area contributed by atoms with Crippen molar-refractivity contribution in [1.29, 1.82) is 0 Å². The number of rotatable bonds is 4. The van der Waals surface area contributed by atoms with Crippen LogP contribution in [0.2, 0.25) is 0 Å². The first-order valence-electron chi connectivity index (χ1n) is 8.36. The molecule has 2 atom stereocenters. The van der Waals surface area contributed by atoms with Crippen LogP contribution in [0, 0.1) is 0 Å². The fraction of sp³-hybridized carbons (Fsp3) is 0.529. The summed E-state index contributed by atoms with van der Waals surface area (Å²) in [5.74, 6) is 2.84. The zero-order chi connectivity index (χ0) is 15.5. The van der Waals surface area contributed by atoms with Crippen LogP contribution in [0.25, 0.3) is 0 Å². The smallest absolute Gasteiger partial charge is 0.134 e. The average Bonchev–Trinajstić information content (AvgIpc) is 3.27. The molecule has 2 aliphatic heterocycles. The quantitative estimate of drug-likeness (QED) is 0.936. The van der Waals surface area contributed by atoms with Crippen molar-refractivity contribution in [3.05, 3.63) is 36.5 Å². The third-order valence-electron chi connectivity index (χ3n) is 4.58. The minimum atomic E-state index is 0.269. The van der Waals surface area contributed by atoms with Crippen molar-refractivity contribution in [3.8, 4) is 0 Å². The standard InChI is InChI=1S/C17H22N4O2/c1-5-14(15-6-3-9-23-15)21(7-1)17-10-16(18-12-19-17)20-13-4-2-8-22-11-13/h3,6,9-10,12-14H,1-2,4-5,7-8,11H2,(H,18,19,20). The van der Waals surface area contributed by atoms with E-state index in [2.05, 4.69) is 20.2 Å². The molecule has 6 heteroatoms. The highest BCUT2D eigenvalue weighted by Gasteiger charge is 2.29. The second-order valence-electron chi connectivity index (χ2n) is 6.19. The molecule has 2 aromatic heterocycles. The Morgan fingerprint density at radius 2 is 2.22 bits per heavy atom. The van der Waals surface area contributed by atoms with E-state index in [4.69, 9.17) is 9.15 Å². The molecule has 2 aliphatic rings. The van der Waals surface area contributed by atoms with Gasteiger partial charge in [-0.15, -0.1) is 0 Å². The Morgan fingerprint density at radius 1 is 1.22 bits per heavy atom. The number of nitrogens with one attached hydrogen (secondary N) is 1. The summed E-state index contributed by atoms with van der Waals surface area (Å²) in [6.45, 7) is 2.61. The molecule has 2 fully saturated rings. The van der Waals surface area contributed by atoms with E-state index in [-0.39, 0.29) is 6.04 Å². The molecule has 2 saturated heterocycles. The summed E-state index contributed by atoms with van der Waals surface area (Å²) in [6, 6.07) is 6.64. The lowest BCUT2D eigenvalue weighted by Crippen LogP contribution is -2.30. The molecule has 4 rings (SSSR count). The lowest BCUT2D eigenvalue weighted by atomic mass is 10.1. The highest BCUT2D eigenvalue weighted by atomic mass is 16.5. The van der Waals surface area contributed by atoms with Crippen LogP contribution >= 0.6 is 0 Å². The molecule has 2 aromatic rings. The van der Waals surface area contributed by atoms with E-state index < -0.39 is 0 Å². The summed E-state index contributed by atoms with van der Waals surface area (Å²) in [6.07, 6.45) is 7.84. The predicted molar refractivity (Wildman–Crippen MR) is 87.5 cm³/mol. The first kappa shape index (κ1) is 14.5. The molecule has 0 aliphatic carbocycles. The Labute approximate surface area is 135 Å². The zero-order valence-electron chi connectivity index (χ0n) is 13.1. The SMILES string of the molecule is c1coc(C2CCCN2c2cc(NC3CCCOC3)ncn2)c1. The van der Waals surface area contributed by atoms with Crippen LogP contribution in [0.4, 0.5) is 11.6 Å².